The van der Waals surface area contributed by atoms with Crippen molar-refractivity contribution in [2.24, 2.45) is 5.92 Å². The summed E-state index contributed by atoms with van der Waals surface area (Å²) >= 11 is 0. The van der Waals surface area contributed by atoms with Crippen molar-refractivity contribution in [2.75, 3.05) is 5.32 Å². The van der Waals surface area contributed by atoms with Gasteiger partial charge in [0, 0.05) is 5.69 Å². The summed E-state index contributed by atoms with van der Waals surface area (Å²) in [6, 6.07) is 9.67. The summed E-state index contributed by atoms with van der Waals surface area (Å²) in [5.74, 6) is -0.0126. The highest BCUT2D eigenvalue weighted by atomic mass is 16.4. The molecule has 2 N–H and O–H groups in total. The average Bonchev–Trinajstić information content (AvgIpc) is 2.42. The molecule has 2 rings (SSSR count). The van der Waals surface area contributed by atoms with Gasteiger partial charge in [-0.25, -0.2) is 4.79 Å². The van der Waals surface area contributed by atoms with Crippen LogP contribution in [0, 0.1) is 5.92 Å². The van der Waals surface area contributed by atoms with E-state index in [2.05, 4.69) is 12.2 Å². The van der Waals surface area contributed by atoms with Crippen LogP contribution in [0.3, 0.4) is 0 Å². The Kier molecular flexibility index (Phi) is 4.46. The summed E-state index contributed by atoms with van der Waals surface area (Å²) in [5, 5.41) is 12.9. The van der Waals surface area contributed by atoms with E-state index in [4.69, 9.17) is 0 Å². The molecule has 1 aliphatic carbocycles. The van der Waals surface area contributed by atoms with Gasteiger partial charge in [-0.3, -0.25) is 0 Å². The zero-order valence-electron chi connectivity index (χ0n) is 11.6. The second kappa shape index (κ2) is 6.09. The molecule has 0 aromatic heterocycles. The molecule has 1 aromatic rings. The molecule has 1 fully saturated rings. The highest BCUT2D eigenvalue weighted by Gasteiger charge is 2.41. The van der Waals surface area contributed by atoms with Crippen molar-refractivity contribution in [3.05, 3.63) is 30.3 Å². The zero-order chi connectivity index (χ0) is 13.7. The SMILES string of the molecule is CCCC1CCC(Nc2ccccc2)(C(=O)O)CC1. The van der Waals surface area contributed by atoms with E-state index in [1.54, 1.807) is 0 Å². The largest absolute Gasteiger partial charge is 0.480 e. The molecule has 0 saturated heterocycles. The van der Waals surface area contributed by atoms with Gasteiger partial charge in [-0.15, -0.1) is 0 Å². The second-order valence-electron chi connectivity index (χ2n) is 5.61. The van der Waals surface area contributed by atoms with Crippen LogP contribution in [0.4, 0.5) is 5.69 Å². The van der Waals surface area contributed by atoms with Crippen molar-refractivity contribution >= 4 is 11.7 Å². The van der Waals surface area contributed by atoms with Crippen molar-refractivity contribution < 1.29 is 9.90 Å². The van der Waals surface area contributed by atoms with E-state index in [9.17, 15) is 9.90 Å². The van der Waals surface area contributed by atoms with E-state index in [1.807, 2.05) is 30.3 Å². The number of hydrogen-bond donors (Lipinski definition) is 2. The fourth-order valence-corrected chi connectivity index (χ4v) is 3.06. The highest BCUT2D eigenvalue weighted by Crippen LogP contribution is 2.36. The third kappa shape index (κ3) is 3.28. The van der Waals surface area contributed by atoms with Gasteiger partial charge < -0.3 is 10.4 Å². The third-order valence-corrected chi connectivity index (χ3v) is 4.22. The summed E-state index contributed by atoms with van der Waals surface area (Å²) in [7, 11) is 0. The molecule has 19 heavy (non-hydrogen) atoms. The molecule has 1 aliphatic rings. The lowest BCUT2D eigenvalue weighted by atomic mass is 9.75. The van der Waals surface area contributed by atoms with Crippen LogP contribution >= 0.6 is 0 Å². The molecule has 0 atom stereocenters. The Morgan fingerprint density at radius 2 is 1.95 bits per heavy atom. The number of carboxylic acids is 1. The van der Waals surface area contributed by atoms with E-state index in [1.165, 1.54) is 12.8 Å². The Morgan fingerprint density at radius 3 is 2.47 bits per heavy atom. The second-order valence-corrected chi connectivity index (χ2v) is 5.61. The van der Waals surface area contributed by atoms with Gasteiger partial charge in [0.25, 0.3) is 0 Å². The Labute approximate surface area is 115 Å². The van der Waals surface area contributed by atoms with Crippen LogP contribution in [0.1, 0.15) is 45.4 Å². The first-order valence-corrected chi connectivity index (χ1v) is 7.23. The van der Waals surface area contributed by atoms with E-state index >= 15 is 0 Å². The molecule has 0 unspecified atom stereocenters. The van der Waals surface area contributed by atoms with Crippen molar-refractivity contribution in [3.63, 3.8) is 0 Å². The molecule has 0 radical (unpaired) electrons. The molecular weight excluding hydrogens is 238 g/mol. The lowest BCUT2D eigenvalue weighted by molar-refractivity contribution is -0.143. The Hall–Kier alpha value is -1.51. The highest BCUT2D eigenvalue weighted by molar-refractivity contribution is 5.83. The van der Waals surface area contributed by atoms with Gasteiger partial charge in [0.05, 0.1) is 0 Å². The predicted molar refractivity (Wildman–Crippen MR) is 77.3 cm³/mol. The van der Waals surface area contributed by atoms with Crippen LogP contribution in [0.2, 0.25) is 0 Å². The Bertz CT molecular complexity index is 408. The molecule has 0 amide bonds. The lowest BCUT2D eigenvalue weighted by Crippen LogP contribution is -2.49. The molecular formula is C16H23NO2. The first-order chi connectivity index (χ1) is 9.16. The Morgan fingerprint density at radius 1 is 1.32 bits per heavy atom. The molecule has 1 aromatic carbocycles. The molecule has 0 bridgehead atoms. The molecule has 3 heteroatoms. The summed E-state index contributed by atoms with van der Waals surface area (Å²) in [6.45, 7) is 2.20. The maximum atomic E-state index is 11.7. The van der Waals surface area contributed by atoms with Gasteiger partial charge >= 0.3 is 5.97 Å². The molecule has 0 spiro atoms. The minimum absolute atomic E-state index is 0.704. The van der Waals surface area contributed by atoms with E-state index < -0.39 is 11.5 Å². The van der Waals surface area contributed by atoms with Crippen LogP contribution < -0.4 is 5.32 Å². The smallest absolute Gasteiger partial charge is 0.329 e. The number of carboxylic acid groups (broad SMARTS) is 1. The summed E-state index contributed by atoms with van der Waals surface area (Å²) < 4.78 is 0. The van der Waals surface area contributed by atoms with Gasteiger partial charge in [0.2, 0.25) is 0 Å². The number of carbonyl (C=O) groups is 1. The topological polar surface area (TPSA) is 49.3 Å². The van der Waals surface area contributed by atoms with Crippen LogP contribution in [0.15, 0.2) is 30.3 Å². The van der Waals surface area contributed by atoms with Crippen molar-refractivity contribution in [1.82, 2.24) is 0 Å². The summed E-state index contributed by atoms with van der Waals surface area (Å²) in [5.41, 5.74) is 0.129. The van der Waals surface area contributed by atoms with Crippen LogP contribution in [-0.4, -0.2) is 16.6 Å². The minimum atomic E-state index is -0.772. The average molecular weight is 261 g/mol. The lowest BCUT2D eigenvalue weighted by Gasteiger charge is -2.38. The summed E-state index contributed by atoms with van der Waals surface area (Å²) in [6.07, 6.45) is 5.89. The molecule has 1 saturated carbocycles. The fraction of sp³-hybridized carbons (Fsp3) is 0.562. The maximum Gasteiger partial charge on any atom is 0.329 e. The number of nitrogens with one attached hydrogen (secondary N) is 1. The van der Waals surface area contributed by atoms with Crippen molar-refractivity contribution in [3.8, 4) is 0 Å². The van der Waals surface area contributed by atoms with E-state index in [-0.39, 0.29) is 0 Å². The van der Waals surface area contributed by atoms with Crippen molar-refractivity contribution in [2.45, 2.75) is 51.0 Å². The standard InChI is InChI=1S/C16H23NO2/c1-2-6-13-9-11-16(12-10-13,15(18)19)17-14-7-4-3-5-8-14/h3-5,7-8,13,17H,2,6,9-12H2,1H3,(H,18,19). The number of rotatable bonds is 5. The van der Waals surface area contributed by atoms with Crippen LogP contribution in [-0.2, 0) is 4.79 Å². The molecule has 0 heterocycles. The number of para-hydroxylation sites is 1. The van der Waals surface area contributed by atoms with Crippen LogP contribution in [0.5, 0.6) is 0 Å². The van der Waals surface area contributed by atoms with Crippen LogP contribution in [0.25, 0.3) is 0 Å². The minimum Gasteiger partial charge on any atom is -0.480 e. The van der Waals surface area contributed by atoms with Gasteiger partial charge in [-0.2, -0.15) is 0 Å². The summed E-state index contributed by atoms with van der Waals surface area (Å²) in [4.78, 5) is 11.7. The normalized spacial score (nSPS) is 26.9. The monoisotopic (exact) mass is 261 g/mol. The quantitative estimate of drug-likeness (QED) is 0.844. The predicted octanol–water partition coefficient (Wildman–Crippen LogP) is 3.91. The van der Waals surface area contributed by atoms with Gasteiger partial charge in [0.15, 0.2) is 0 Å². The molecule has 3 nitrogen and oxygen atoms in total. The fourth-order valence-electron chi connectivity index (χ4n) is 3.06. The van der Waals surface area contributed by atoms with Gasteiger partial charge in [-0.1, -0.05) is 38.0 Å². The van der Waals surface area contributed by atoms with E-state index in [0.29, 0.717) is 5.92 Å². The Balaban J connectivity index is 2.06. The number of benzene rings is 1. The maximum absolute atomic E-state index is 11.7. The number of hydrogen-bond acceptors (Lipinski definition) is 2. The first kappa shape index (κ1) is 13.9. The number of anilines is 1. The number of aliphatic carboxylic acids is 1. The zero-order valence-corrected chi connectivity index (χ0v) is 11.6. The van der Waals surface area contributed by atoms with E-state index in [0.717, 1.165) is 31.4 Å². The first-order valence-electron chi connectivity index (χ1n) is 7.23. The third-order valence-electron chi connectivity index (χ3n) is 4.22. The molecule has 104 valence electrons. The van der Waals surface area contributed by atoms with Gasteiger partial charge in [0.1, 0.15) is 5.54 Å². The van der Waals surface area contributed by atoms with Gasteiger partial charge in [-0.05, 0) is 43.7 Å². The molecule has 0 aliphatic heterocycles. The van der Waals surface area contributed by atoms with Crippen molar-refractivity contribution in [1.29, 1.82) is 0 Å².